The zero-order valence-corrected chi connectivity index (χ0v) is 19.7. The molecule has 0 aliphatic heterocycles. The Morgan fingerprint density at radius 1 is 0.743 bits per heavy atom. The number of carboxylic acid groups (broad SMARTS) is 1. The van der Waals surface area contributed by atoms with Crippen molar-refractivity contribution in [3.05, 3.63) is 59.7 Å². The maximum atomic E-state index is 12.4. The Morgan fingerprint density at radius 2 is 1.26 bits per heavy atom. The van der Waals surface area contributed by atoms with Crippen molar-refractivity contribution in [2.45, 2.75) is 44.6 Å². The summed E-state index contributed by atoms with van der Waals surface area (Å²) in [6.45, 7) is 1.35. The zero-order valence-electron chi connectivity index (χ0n) is 19.7. The largest absolute Gasteiger partial charge is 0.493 e. The maximum Gasteiger partial charge on any atom is 0.306 e. The minimum Gasteiger partial charge on any atom is -0.493 e. The molecular weight excluding hydrogens is 448 g/mol. The number of hydrogen-bond donors (Lipinski definition) is 3. The van der Waals surface area contributed by atoms with E-state index in [1.807, 2.05) is 0 Å². The second kappa shape index (κ2) is 11.7. The number of amides is 2. The average Bonchev–Trinajstić information content (AvgIpc) is 3.71. The van der Waals surface area contributed by atoms with Crippen molar-refractivity contribution in [3.63, 3.8) is 0 Å². The number of carboxylic acids is 1. The first-order valence-corrected chi connectivity index (χ1v) is 12.3. The molecule has 2 aliphatic rings. The minimum absolute atomic E-state index is 0.000330. The summed E-state index contributed by atoms with van der Waals surface area (Å²) in [6.07, 6.45) is 5.13. The van der Waals surface area contributed by atoms with E-state index >= 15 is 0 Å². The smallest absolute Gasteiger partial charge is 0.306 e. The van der Waals surface area contributed by atoms with Crippen molar-refractivity contribution in [1.29, 1.82) is 0 Å². The van der Waals surface area contributed by atoms with Crippen LogP contribution < -0.4 is 20.1 Å². The van der Waals surface area contributed by atoms with Crippen LogP contribution in [-0.2, 0) is 4.79 Å². The summed E-state index contributed by atoms with van der Waals surface area (Å²) in [4.78, 5) is 35.7. The molecule has 0 saturated heterocycles. The van der Waals surface area contributed by atoms with E-state index in [9.17, 15) is 14.4 Å². The third-order valence-corrected chi connectivity index (χ3v) is 6.44. The fraction of sp³-hybridized carbons (Fsp3) is 0.444. The van der Waals surface area contributed by atoms with Crippen molar-refractivity contribution in [3.8, 4) is 11.5 Å². The van der Waals surface area contributed by atoms with Gasteiger partial charge in [-0.1, -0.05) is 0 Å². The third-order valence-electron chi connectivity index (χ3n) is 6.44. The Balaban J connectivity index is 1.13. The van der Waals surface area contributed by atoms with Crippen LogP contribution in [-0.4, -0.2) is 48.7 Å². The fourth-order valence-corrected chi connectivity index (χ4v) is 4.06. The lowest BCUT2D eigenvalue weighted by Gasteiger charge is -2.26. The van der Waals surface area contributed by atoms with Gasteiger partial charge in [0.15, 0.2) is 0 Å². The molecule has 0 spiro atoms. The first-order valence-electron chi connectivity index (χ1n) is 12.3. The quantitative estimate of drug-likeness (QED) is 0.423. The molecule has 0 atom stereocenters. The molecule has 0 heterocycles. The van der Waals surface area contributed by atoms with Gasteiger partial charge in [0.1, 0.15) is 11.5 Å². The second-order valence-electron chi connectivity index (χ2n) is 9.24. The summed E-state index contributed by atoms with van der Waals surface area (Å²) in [5.74, 6) is 0.663. The van der Waals surface area contributed by atoms with Crippen LogP contribution in [0, 0.1) is 11.8 Å². The van der Waals surface area contributed by atoms with Gasteiger partial charge in [-0.2, -0.15) is 0 Å². The van der Waals surface area contributed by atoms with Crippen molar-refractivity contribution < 1.29 is 29.0 Å². The molecule has 2 aliphatic carbocycles. The Morgan fingerprint density at radius 3 is 1.74 bits per heavy atom. The van der Waals surface area contributed by atoms with E-state index in [2.05, 4.69) is 10.6 Å². The number of hydrogen-bond acceptors (Lipinski definition) is 5. The number of benzene rings is 2. The van der Waals surface area contributed by atoms with E-state index in [1.54, 1.807) is 48.5 Å². The summed E-state index contributed by atoms with van der Waals surface area (Å²) < 4.78 is 11.6. The van der Waals surface area contributed by atoms with Gasteiger partial charge >= 0.3 is 5.97 Å². The Hall–Kier alpha value is -3.55. The number of nitrogens with one attached hydrogen (secondary N) is 2. The van der Waals surface area contributed by atoms with Gasteiger partial charge in [-0.3, -0.25) is 14.4 Å². The molecule has 8 heteroatoms. The molecule has 8 nitrogen and oxygen atoms in total. The van der Waals surface area contributed by atoms with E-state index in [0.29, 0.717) is 61.6 Å². The van der Waals surface area contributed by atoms with Gasteiger partial charge in [-0.25, -0.2) is 0 Å². The molecule has 186 valence electrons. The summed E-state index contributed by atoms with van der Waals surface area (Å²) in [7, 11) is 0. The zero-order chi connectivity index (χ0) is 24.6. The molecule has 2 fully saturated rings. The first-order chi connectivity index (χ1) is 17.0. The average molecular weight is 481 g/mol. The van der Waals surface area contributed by atoms with E-state index < -0.39 is 5.97 Å². The standard InChI is InChI=1S/C27H32N2O6/c30-25(19-3-9-22(10-4-19)34-17-18-1-2-18)28-15-16-29-26(31)20-5-11-23(12-6-20)35-24-13-7-21(8-14-24)27(32)33/h3-6,9-12,18,21,24H,1-2,7-8,13-17H2,(H,28,30)(H,29,31)(H,32,33). The van der Waals surface area contributed by atoms with Crippen LogP contribution in [0.2, 0.25) is 0 Å². The van der Waals surface area contributed by atoms with Crippen molar-refractivity contribution in [2.24, 2.45) is 11.8 Å². The van der Waals surface area contributed by atoms with E-state index in [1.165, 1.54) is 12.8 Å². The molecule has 2 amide bonds. The molecule has 0 bridgehead atoms. The normalized spacial score (nSPS) is 19.4. The van der Waals surface area contributed by atoms with Gasteiger partial charge in [0.2, 0.25) is 0 Å². The summed E-state index contributed by atoms with van der Waals surface area (Å²) in [6, 6.07) is 13.9. The molecule has 4 rings (SSSR count). The predicted molar refractivity (Wildman–Crippen MR) is 130 cm³/mol. The van der Waals surface area contributed by atoms with Gasteiger partial charge in [-0.15, -0.1) is 0 Å². The molecule has 3 N–H and O–H groups in total. The van der Waals surface area contributed by atoms with Crippen molar-refractivity contribution in [2.75, 3.05) is 19.7 Å². The Kier molecular flexibility index (Phi) is 8.23. The SMILES string of the molecule is O=C(NCCNC(=O)c1ccc(OC2CCC(C(=O)O)CC2)cc1)c1ccc(OCC2CC2)cc1. The molecule has 0 aromatic heterocycles. The van der Waals surface area contributed by atoms with Crippen LogP contribution >= 0.6 is 0 Å². The molecule has 2 saturated carbocycles. The van der Waals surface area contributed by atoms with Gasteiger partial charge in [0.25, 0.3) is 11.8 Å². The summed E-state index contributed by atoms with van der Waals surface area (Å²) >= 11 is 0. The second-order valence-corrected chi connectivity index (χ2v) is 9.24. The number of ether oxygens (including phenoxy) is 2. The Bertz CT molecular complexity index is 1010. The monoisotopic (exact) mass is 480 g/mol. The highest BCUT2D eigenvalue weighted by Crippen LogP contribution is 2.30. The van der Waals surface area contributed by atoms with Crippen LogP contribution in [0.4, 0.5) is 0 Å². The van der Waals surface area contributed by atoms with Crippen LogP contribution in [0.1, 0.15) is 59.2 Å². The summed E-state index contributed by atoms with van der Waals surface area (Å²) in [5.41, 5.74) is 1.04. The minimum atomic E-state index is -0.735. The number of carbonyl (C=O) groups is 3. The first kappa shape index (κ1) is 24.6. The lowest BCUT2D eigenvalue weighted by Crippen LogP contribution is -2.34. The van der Waals surface area contributed by atoms with Gasteiger partial charge in [-0.05, 0) is 93.0 Å². The molecule has 35 heavy (non-hydrogen) atoms. The number of aliphatic carboxylic acids is 1. The van der Waals surface area contributed by atoms with Crippen LogP contribution in [0.25, 0.3) is 0 Å². The lowest BCUT2D eigenvalue weighted by molar-refractivity contribution is -0.143. The van der Waals surface area contributed by atoms with E-state index in [4.69, 9.17) is 14.6 Å². The molecule has 2 aromatic carbocycles. The van der Waals surface area contributed by atoms with Gasteiger partial charge in [0.05, 0.1) is 18.6 Å². The highest BCUT2D eigenvalue weighted by molar-refractivity contribution is 5.95. The highest BCUT2D eigenvalue weighted by Gasteiger charge is 2.27. The molecule has 0 radical (unpaired) electrons. The topological polar surface area (TPSA) is 114 Å². The molecular formula is C27H32N2O6. The lowest BCUT2D eigenvalue weighted by atomic mass is 9.87. The van der Waals surface area contributed by atoms with Crippen LogP contribution in [0.15, 0.2) is 48.5 Å². The van der Waals surface area contributed by atoms with Crippen LogP contribution in [0.5, 0.6) is 11.5 Å². The maximum absolute atomic E-state index is 12.4. The van der Waals surface area contributed by atoms with Crippen molar-refractivity contribution in [1.82, 2.24) is 10.6 Å². The molecule has 0 unspecified atom stereocenters. The fourth-order valence-electron chi connectivity index (χ4n) is 4.06. The van der Waals surface area contributed by atoms with E-state index in [0.717, 1.165) is 12.4 Å². The third kappa shape index (κ3) is 7.47. The highest BCUT2D eigenvalue weighted by atomic mass is 16.5. The summed E-state index contributed by atoms with van der Waals surface area (Å²) in [5, 5.41) is 14.7. The Labute approximate surface area is 205 Å². The predicted octanol–water partition coefficient (Wildman–Crippen LogP) is 3.66. The van der Waals surface area contributed by atoms with E-state index in [-0.39, 0.29) is 23.8 Å². The number of rotatable bonds is 11. The van der Waals surface area contributed by atoms with Gasteiger partial charge < -0.3 is 25.2 Å². The van der Waals surface area contributed by atoms with Crippen molar-refractivity contribution >= 4 is 17.8 Å². The van der Waals surface area contributed by atoms with Crippen LogP contribution in [0.3, 0.4) is 0 Å². The molecule has 2 aromatic rings. The number of carbonyl (C=O) groups excluding carboxylic acids is 2. The van der Waals surface area contributed by atoms with Gasteiger partial charge in [0, 0.05) is 24.2 Å².